The van der Waals surface area contributed by atoms with Crippen LogP contribution in [0.5, 0.6) is 0 Å². The minimum atomic E-state index is 0.0196. The van der Waals surface area contributed by atoms with Crippen molar-refractivity contribution in [1.82, 2.24) is 0 Å². The highest BCUT2D eigenvalue weighted by Gasteiger charge is 2.32. The van der Waals surface area contributed by atoms with Crippen molar-refractivity contribution >= 4 is 72.4 Å². The molecule has 186 valence electrons. The van der Waals surface area contributed by atoms with E-state index in [0.717, 1.165) is 50.8 Å². The number of ether oxygens (including phenoxy) is 1. The van der Waals surface area contributed by atoms with Crippen molar-refractivity contribution in [1.29, 1.82) is 0 Å². The molecule has 0 fully saturated rings. The Morgan fingerprint density at radius 2 is 1.27 bits per heavy atom. The minimum Gasteiger partial charge on any atom is -0.496 e. The Morgan fingerprint density at radius 3 is 1.86 bits per heavy atom. The maximum Gasteiger partial charge on any atom is 0.228 e. The third kappa shape index (κ3) is 4.96. The maximum atomic E-state index is 12.2. The molecular formula is C31H26Br2N2O2. The van der Waals surface area contributed by atoms with Gasteiger partial charge in [0.1, 0.15) is 5.76 Å². The lowest BCUT2D eigenvalue weighted by Crippen LogP contribution is -2.23. The van der Waals surface area contributed by atoms with E-state index in [1.54, 1.807) is 18.9 Å². The van der Waals surface area contributed by atoms with Crippen LogP contribution in [0, 0.1) is 0 Å². The Labute approximate surface area is 234 Å². The van der Waals surface area contributed by atoms with Crippen LogP contribution in [0.15, 0.2) is 97.1 Å². The van der Waals surface area contributed by atoms with Gasteiger partial charge in [0.2, 0.25) is 5.91 Å². The summed E-state index contributed by atoms with van der Waals surface area (Å²) in [6.45, 7) is 1.60. The first-order chi connectivity index (χ1) is 18.0. The van der Waals surface area contributed by atoms with Gasteiger partial charge in [-0.2, -0.15) is 0 Å². The fraction of sp³-hybridized carbons (Fsp3) is 0.129. The second-order valence-corrected chi connectivity index (χ2v) is 10.7. The summed E-state index contributed by atoms with van der Waals surface area (Å²) in [5, 5.41) is 3.44. The van der Waals surface area contributed by atoms with E-state index in [4.69, 9.17) is 4.74 Å². The van der Waals surface area contributed by atoms with Gasteiger partial charge < -0.3 is 10.1 Å². The molecule has 0 saturated carbocycles. The van der Waals surface area contributed by atoms with Crippen LogP contribution < -0.4 is 10.2 Å². The molecule has 0 saturated heterocycles. The molecule has 1 N–H and O–H groups in total. The molecule has 0 aromatic heterocycles. The fourth-order valence-corrected chi connectivity index (χ4v) is 6.05. The number of nitrogens with one attached hydrogen (secondary N) is 1. The summed E-state index contributed by atoms with van der Waals surface area (Å²) in [7, 11) is 1.70. The first-order valence-electron chi connectivity index (χ1n) is 12.0. The molecule has 2 aliphatic rings. The van der Waals surface area contributed by atoms with Crippen molar-refractivity contribution in [2.45, 2.75) is 16.6 Å². The van der Waals surface area contributed by atoms with Gasteiger partial charge in [-0.05, 0) is 47.5 Å². The molecular weight excluding hydrogens is 592 g/mol. The zero-order valence-electron chi connectivity index (χ0n) is 20.5. The van der Waals surface area contributed by atoms with Crippen molar-refractivity contribution in [2.24, 2.45) is 0 Å². The summed E-state index contributed by atoms with van der Waals surface area (Å²) < 4.78 is 5.48. The smallest absolute Gasteiger partial charge is 0.228 e. The molecule has 6 rings (SSSR count). The monoisotopic (exact) mass is 616 g/mol. The number of alkyl halides is 2. The number of hydrogen-bond acceptors (Lipinski definition) is 3. The molecule has 0 aliphatic carbocycles. The van der Waals surface area contributed by atoms with Gasteiger partial charge in [0.15, 0.2) is 0 Å². The van der Waals surface area contributed by atoms with E-state index in [1.807, 2.05) is 60.7 Å². The predicted molar refractivity (Wildman–Crippen MR) is 160 cm³/mol. The van der Waals surface area contributed by atoms with Crippen LogP contribution in [0.4, 0.5) is 22.7 Å². The normalized spacial score (nSPS) is 17.1. The number of rotatable bonds is 1. The number of methoxy groups -OCH3 is 1. The Hall–Kier alpha value is -3.35. The largest absolute Gasteiger partial charge is 0.496 e. The van der Waals surface area contributed by atoms with Crippen molar-refractivity contribution < 1.29 is 9.53 Å². The number of fused-ring (bicyclic) bond motifs is 4. The molecule has 6 heteroatoms. The third-order valence-corrected chi connectivity index (χ3v) is 9.20. The molecule has 1 amide bonds. The van der Waals surface area contributed by atoms with E-state index >= 15 is 0 Å². The van der Waals surface area contributed by atoms with Crippen molar-refractivity contribution in [3.05, 3.63) is 119 Å². The number of halogens is 2. The lowest BCUT2D eigenvalue weighted by atomic mass is 10.0. The highest BCUT2D eigenvalue weighted by molar-refractivity contribution is 9.12. The molecule has 37 heavy (non-hydrogen) atoms. The van der Waals surface area contributed by atoms with Crippen LogP contribution in [0.2, 0.25) is 0 Å². The topological polar surface area (TPSA) is 41.6 Å². The van der Waals surface area contributed by atoms with Gasteiger partial charge in [0, 0.05) is 29.4 Å². The Bertz CT molecular complexity index is 1430. The third-order valence-electron chi connectivity index (χ3n) is 6.45. The number of benzene rings is 4. The average Bonchev–Trinajstić information content (AvgIpc) is 3.15. The fourth-order valence-electron chi connectivity index (χ4n) is 4.71. The van der Waals surface area contributed by atoms with Crippen molar-refractivity contribution in [3.8, 4) is 0 Å². The second-order valence-electron chi connectivity index (χ2n) is 8.75. The van der Waals surface area contributed by atoms with Crippen molar-refractivity contribution in [2.75, 3.05) is 17.3 Å². The van der Waals surface area contributed by atoms with Crippen LogP contribution >= 0.6 is 31.9 Å². The van der Waals surface area contributed by atoms with E-state index in [-0.39, 0.29) is 15.6 Å². The number of nitrogens with zero attached hydrogens (tertiary/aromatic N) is 1. The molecule has 4 aromatic carbocycles. The molecule has 2 unspecified atom stereocenters. The van der Waals surface area contributed by atoms with E-state index in [9.17, 15) is 4.79 Å². The summed E-state index contributed by atoms with van der Waals surface area (Å²) in [4.78, 5) is 14.2. The molecule has 0 bridgehead atoms. The summed E-state index contributed by atoms with van der Waals surface area (Å²) in [6.07, 6.45) is 2.06. The zero-order chi connectivity index (χ0) is 25.9. The number of anilines is 4. The lowest BCUT2D eigenvalue weighted by molar-refractivity contribution is -0.115. The predicted octanol–water partition coefficient (Wildman–Crippen LogP) is 9.14. The Morgan fingerprint density at radius 1 is 0.757 bits per heavy atom. The van der Waals surface area contributed by atoms with Gasteiger partial charge in [-0.1, -0.05) is 98.6 Å². The zero-order valence-corrected chi connectivity index (χ0v) is 23.7. The molecule has 0 radical (unpaired) electrons. The SMILES string of the molecule is CC(=O)N1c2ccccc2C(Br)C(Br)c2ccccc21.COC1=Cc2ccccc2Nc2ccccc21. The summed E-state index contributed by atoms with van der Waals surface area (Å²) in [5.41, 5.74) is 8.51. The molecule has 2 heterocycles. The van der Waals surface area contributed by atoms with Gasteiger partial charge in [-0.3, -0.25) is 9.69 Å². The molecule has 0 spiro atoms. The van der Waals surface area contributed by atoms with E-state index in [0.29, 0.717) is 0 Å². The van der Waals surface area contributed by atoms with Crippen LogP contribution in [0.3, 0.4) is 0 Å². The number of para-hydroxylation sites is 4. The molecule has 2 aliphatic heterocycles. The maximum absolute atomic E-state index is 12.2. The summed E-state index contributed by atoms with van der Waals surface area (Å²) in [5.74, 6) is 0.907. The van der Waals surface area contributed by atoms with Gasteiger partial charge in [-0.25, -0.2) is 0 Å². The minimum absolute atomic E-state index is 0.0196. The van der Waals surface area contributed by atoms with Crippen LogP contribution in [-0.4, -0.2) is 13.0 Å². The van der Waals surface area contributed by atoms with Gasteiger partial charge in [0.05, 0.1) is 28.1 Å². The summed E-state index contributed by atoms with van der Waals surface area (Å²) >= 11 is 7.53. The molecule has 2 atom stereocenters. The van der Waals surface area contributed by atoms with E-state index < -0.39 is 0 Å². The number of hydrogen-bond donors (Lipinski definition) is 1. The second kappa shape index (κ2) is 11.0. The highest BCUT2D eigenvalue weighted by Crippen LogP contribution is 2.52. The van der Waals surface area contributed by atoms with E-state index in [1.165, 1.54) is 0 Å². The number of carbonyl (C=O) groups excluding carboxylic acids is 1. The standard InChI is InChI=1S/C16H13Br2NO.C15H13NO/c1-10(20)19-13-8-4-2-6-11(13)15(17)16(18)12-7-3-5-9-14(12)19;1-17-15-10-11-6-2-4-8-13(11)16-14-9-5-3-7-12(14)15/h2-9,15-16H,1H3;2-10,16H,1H3. The first kappa shape index (κ1) is 25.3. The van der Waals surface area contributed by atoms with Crippen molar-refractivity contribution in [3.63, 3.8) is 0 Å². The van der Waals surface area contributed by atoms with Crippen LogP contribution in [-0.2, 0) is 9.53 Å². The summed E-state index contributed by atoms with van der Waals surface area (Å²) in [6, 6.07) is 32.4. The molecule has 4 aromatic rings. The van der Waals surface area contributed by atoms with Gasteiger partial charge >= 0.3 is 0 Å². The van der Waals surface area contributed by atoms with Crippen LogP contribution in [0.1, 0.15) is 38.8 Å². The Balaban J connectivity index is 0.000000153. The lowest BCUT2D eigenvalue weighted by Gasteiger charge is -2.23. The highest BCUT2D eigenvalue weighted by atomic mass is 79.9. The number of carbonyl (C=O) groups is 1. The molecule has 4 nitrogen and oxygen atoms in total. The Kier molecular flexibility index (Phi) is 7.49. The first-order valence-corrected chi connectivity index (χ1v) is 13.8. The van der Waals surface area contributed by atoms with Gasteiger partial charge in [0.25, 0.3) is 0 Å². The van der Waals surface area contributed by atoms with Crippen LogP contribution in [0.25, 0.3) is 11.8 Å². The number of amides is 1. The van der Waals surface area contributed by atoms with E-state index in [2.05, 4.69) is 79.7 Å². The quantitative estimate of drug-likeness (QED) is 0.217. The average molecular weight is 618 g/mol. The van der Waals surface area contributed by atoms with Gasteiger partial charge in [-0.15, -0.1) is 0 Å².